The highest BCUT2D eigenvalue weighted by Gasteiger charge is 2.42. The van der Waals surface area contributed by atoms with Crippen molar-refractivity contribution in [3.63, 3.8) is 0 Å². The second-order valence-electron chi connectivity index (χ2n) is 8.75. The molecule has 2 atom stereocenters. The minimum atomic E-state index is -0.334. The van der Waals surface area contributed by atoms with E-state index >= 15 is 0 Å². The summed E-state index contributed by atoms with van der Waals surface area (Å²) in [4.78, 5) is 18.4. The first-order valence-corrected chi connectivity index (χ1v) is 12.9. The van der Waals surface area contributed by atoms with Gasteiger partial charge in [-0.15, -0.1) is 0 Å². The first-order valence-electron chi connectivity index (χ1n) is 11.7. The van der Waals surface area contributed by atoms with Crippen LogP contribution in [0.3, 0.4) is 0 Å². The molecule has 7 nitrogen and oxygen atoms in total. The van der Waals surface area contributed by atoms with E-state index in [0.717, 1.165) is 38.5 Å². The Hall–Kier alpha value is -3.69. The Balaban J connectivity index is 1.61. The molecule has 0 bridgehead atoms. The number of methoxy groups -OCH3 is 1. The number of amides is 1. The molecule has 2 aromatic carbocycles. The fourth-order valence-corrected chi connectivity index (χ4v) is 5.57. The van der Waals surface area contributed by atoms with Gasteiger partial charge in [0.15, 0.2) is 5.11 Å². The standard InChI is InChI=1S/C28H25BrN4O3S/c1-16-7-9-19(20(29)14-16)23-11-12-25(36-23)27-26(21-6-4-5-13-30-21)32-28(37)33(27)18-8-10-24(35-3)22(15-18)31-17(2)34/h4-15,26-27H,1-3H3,(H,31,34)(H,32,37)/t26-,27-/m1/s1. The molecule has 1 aliphatic heterocycles. The third-order valence-corrected chi connectivity index (χ3v) is 7.15. The second-order valence-corrected chi connectivity index (χ2v) is 9.99. The molecule has 1 saturated heterocycles. The molecular formula is C28H25BrN4O3S. The molecule has 3 heterocycles. The Morgan fingerprint density at radius 1 is 1.16 bits per heavy atom. The molecule has 5 rings (SSSR count). The van der Waals surface area contributed by atoms with E-state index in [4.69, 9.17) is 21.4 Å². The van der Waals surface area contributed by atoms with Gasteiger partial charge in [0, 0.05) is 28.8 Å². The maximum absolute atomic E-state index is 11.8. The van der Waals surface area contributed by atoms with Gasteiger partial charge in [-0.25, -0.2) is 0 Å². The molecular weight excluding hydrogens is 552 g/mol. The Bertz CT molecular complexity index is 1470. The molecule has 0 spiro atoms. The summed E-state index contributed by atoms with van der Waals surface area (Å²) >= 11 is 9.49. The Kier molecular flexibility index (Phi) is 6.99. The Morgan fingerprint density at radius 2 is 2.00 bits per heavy atom. The van der Waals surface area contributed by atoms with Crippen molar-refractivity contribution in [2.45, 2.75) is 25.9 Å². The maximum atomic E-state index is 11.8. The van der Waals surface area contributed by atoms with Gasteiger partial charge in [0.25, 0.3) is 0 Å². The number of halogens is 1. The zero-order chi connectivity index (χ0) is 26.1. The number of carbonyl (C=O) groups is 1. The Morgan fingerprint density at radius 3 is 2.70 bits per heavy atom. The van der Waals surface area contributed by atoms with Crippen molar-refractivity contribution < 1.29 is 13.9 Å². The first kappa shape index (κ1) is 25.0. The van der Waals surface area contributed by atoms with E-state index in [1.807, 2.05) is 66.4 Å². The molecule has 1 fully saturated rings. The van der Waals surface area contributed by atoms with E-state index in [2.05, 4.69) is 43.7 Å². The molecule has 0 saturated carbocycles. The average molecular weight is 578 g/mol. The number of hydrogen-bond donors (Lipinski definition) is 2. The van der Waals surface area contributed by atoms with Crippen molar-refractivity contribution in [1.82, 2.24) is 10.3 Å². The highest BCUT2D eigenvalue weighted by Crippen LogP contribution is 2.44. The maximum Gasteiger partial charge on any atom is 0.221 e. The highest BCUT2D eigenvalue weighted by molar-refractivity contribution is 9.10. The van der Waals surface area contributed by atoms with Gasteiger partial charge in [-0.1, -0.05) is 28.1 Å². The molecule has 4 aromatic rings. The van der Waals surface area contributed by atoms with Crippen LogP contribution < -0.4 is 20.3 Å². The quantitative estimate of drug-likeness (QED) is 0.252. The van der Waals surface area contributed by atoms with Crippen molar-refractivity contribution in [2.24, 2.45) is 0 Å². The fraction of sp³-hybridized carbons (Fsp3) is 0.179. The molecule has 2 N–H and O–H groups in total. The van der Waals surface area contributed by atoms with Crippen LogP contribution >= 0.6 is 28.1 Å². The van der Waals surface area contributed by atoms with E-state index in [1.165, 1.54) is 6.92 Å². The number of nitrogens with zero attached hydrogens (tertiary/aromatic N) is 2. The van der Waals surface area contributed by atoms with Crippen molar-refractivity contribution in [1.29, 1.82) is 0 Å². The van der Waals surface area contributed by atoms with Crippen LogP contribution in [0.2, 0.25) is 0 Å². The number of pyridine rings is 1. The lowest BCUT2D eigenvalue weighted by molar-refractivity contribution is -0.114. The monoisotopic (exact) mass is 576 g/mol. The molecule has 37 heavy (non-hydrogen) atoms. The van der Waals surface area contributed by atoms with Crippen LogP contribution in [0, 0.1) is 6.92 Å². The number of aromatic nitrogens is 1. The van der Waals surface area contributed by atoms with Crippen LogP contribution in [0.15, 0.2) is 81.8 Å². The predicted octanol–water partition coefficient (Wildman–Crippen LogP) is 6.56. The molecule has 2 aromatic heterocycles. The highest BCUT2D eigenvalue weighted by atomic mass is 79.9. The Labute approximate surface area is 229 Å². The van der Waals surface area contributed by atoms with Gasteiger partial charge in [0.05, 0.1) is 24.5 Å². The number of furan rings is 1. The zero-order valence-electron chi connectivity index (χ0n) is 20.5. The lowest BCUT2D eigenvalue weighted by atomic mass is 10.0. The lowest BCUT2D eigenvalue weighted by Gasteiger charge is -2.27. The minimum Gasteiger partial charge on any atom is -0.495 e. The third-order valence-electron chi connectivity index (χ3n) is 6.18. The number of nitrogens with one attached hydrogen (secondary N) is 2. The molecule has 0 radical (unpaired) electrons. The van der Waals surface area contributed by atoms with Crippen molar-refractivity contribution >= 4 is 50.5 Å². The number of carbonyl (C=O) groups excluding carboxylic acids is 1. The largest absolute Gasteiger partial charge is 0.495 e. The van der Waals surface area contributed by atoms with Gasteiger partial charge in [-0.3, -0.25) is 9.78 Å². The molecule has 0 unspecified atom stereocenters. The van der Waals surface area contributed by atoms with E-state index in [-0.39, 0.29) is 18.0 Å². The summed E-state index contributed by atoms with van der Waals surface area (Å²) in [6.07, 6.45) is 1.76. The number of thiocarbonyl (C=S) groups is 1. The van der Waals surface area contributed by atoms with Crippen LogP contribution in [0.25, 0.3) is 11.3 Å². The number of benzene rings is 2. The van der Waals surface area contributed by atoms with Crippen molar-refractivity contribution in [2.75, 3.05) is 17.3 Å². The van der Waals surface area contributed by atoms with Crippen molar-refractivity contribution in [3.8, 4) is 17.1 Å². The van der Waals surface area contributed by atoms with Crippen LogP contribution in [0.5, 0.6) is 5.75 Å². The van der Waals surface area contributed by atoms with Crippen molar-refractivity contribution in [3.05, 3.63) is 94.4 Å². The summed E-state index contributed by atoms with van der Waals surface area (Å²) in [6, 6.07) is 20.9. The SMILES string of the molecule is COc1ccc(N2C(=S)N[C@H](c3ccccn3)[C@H]2c2ccc(-c3ccc(C)cc3Br)o2)cc1NC(C)=O. The fourth-order valence-electron chi connectivity index (χ4n) is 4.53. The molecule has 0 aliphatic carbocycles. The van der Waals surface area contributed by atoms with Gasteiger partial charge in [-0.05, 0) is 79.3 Å². The summed E-state index contributed by atoms with van der Waals surface area (Å²) < 4.78 is 12.9. The predicted molar refractivity (Wildman–Crippen MR) is 152 cm³/mol. The number of hydrogen-bond acceptors (Lipinski definition) is 5. The van der Waals surface area contributed by atoms with Crippen LogP contribution in [0.1, 0.15) is 36.0 Å². The third kappa shape index (κ3) is 4.97. The number of ether oxygens (including phenoxy) is 1. The zero-order valence-corrected chi connectivity index (χ0v) is 22.9. The van der Waals surface area contributed by atoms with E-state index in [0.29, 0.717) is 16.5 Å². The molecule has 188 valence electrons. The van der Waals surface area contributed by atoms with E-state index < -0.39 is 0 Å². The minimum absolute atomic E-state index is 0.195. The summed E-state index contributed by atoms with van der Waals surface area (Å²) in [5.74, 6) is 1.83. The number of rotatable bonds is 6. The van der Waals surface area contributed by atoms with Crippen LogP contribution in [-0.4, -0.2) is 23.1 Å². The normalized spacial score (nSPS) is 17.0. The van der Waals surface area contributed by atoms with Gasteiger partial charge in [-0.2, -0.15) is 0 Å². The van der Waals surface area contributed by atoms with Crippen LogP contribution in [0.4, 0.5) is 11.4 Å². The molecule has 1 aliphatic rings. The lowest BCUT2D eigenvalue weighted by Crippen LogP contribution is -2.29. The van der Waals surface area contributed by atoms with Gasteiger partial charge in [0.1, 0.15) is 23.3 Å². The topological polar surface area (TPSA) is 79.6 Å². The number of aryl methyl sites for hydroxylation is 1. The molecule has 9 heteroatoms. The van der Waals surface area contributed by atoms with Gasteiger partial charge < -0.3 is 24.7 Å². The van der Waals surface area contributed by atoms with Gasteiger partial charge >= 0.3 is 0 Å². The van der Waals surface area contributed by atoms with E-state index in [9.17, 15) is 4.79 Å². The number of anilines is 2. The van der Waals surface area contributed by atoms with E-state index in [1.54, 1.807) is 13.3 Å². The summed E-state index contributed by atoms with van der Waals surface area (Å²) in [6.45, 7) is 3.51. The summed E-state index contributed by atoms with van der Waals surface area (Å²) in [7, 11) is 1.57. The summed E-state index contributed by atoms with van der Waals surface area (Å²) in [5, 5.41) is 6.79. The summed E-state index contributed by atoms with van der Waals surface area (Å²) in [5.41, 5.74) is 4.29. The first-order chi connectivity index (χ1) is 17.9. The van der Waals surface area contributed by atoms with Crippen LogP contribution in [-0.2, 0) is 4.79 Å². The van der Waals surface area contributed by atoms with Gasteiger partial charge in [0.2, 0.25) is 5.91 Å². The average Bonchev–Trinajstić information content (AvgIpc) is 3.48. The smallest absolute Gasteiger partial charge is 0.221 e. The molecule has 1 amide bonds. The second kappa shape index (κ2) is 10.4.